The van der Waals surface area contributed by atoms with Gasteiger partial charge in [0.1, 0.15) is 5.82 Å². The Kier molecular flexibility index (Phi) is 2.47. The molecule has 2 aromatic rings. The number of H-pyrrole nitrogens is 1. The van der Waals surface area contributed by atoms with Crippen LogP contribution in [0.15, 0.2) is 23.0 Å². The average Bonchev–Trinajstić information content (AvgIpc) is 2.17. The molecule has 5 heteroatoms. The number of nitrogens with zero attached hydrogens (tertiary/aromatic N) is 1. The van der Waals surface area contributed by atoms with Crippen molar-refractivity contribution < 1.29 is 4.39 Å². The summed E-state index contributed by atoms with van der Waals surface area (Å²) in [7, 11) is 0. The van der Waals surface area contributed by atoms with Gasteiger partial charge in [0.05, 0.1) is 5.52 Å². The number of hydrogen-bond donors (Lipinski definition) is 2. The smallest absolute Gasteiger partial charge is 0.330 e. The quantitative estimate of drug-likeness (QED) is 0.756. The van der Waals surface area contributed by atoms with Gasteiger partial charge in [-0.1, -0.05) is 0 Å². The molecule has 0 spiro atoms. The summed E-state index contributed by atoms with van der Waals surface area (Å²) in [4.78, 5) is 17.4. The molecule has 0 saturated heterocycles. The Morgan fingerprint density at radius 1 is 1.47 bits per heavy atom. The third kappa shape index (κ3) is 1.87. The van der Waals surface area contributed by atoms with Gasteiger partial charge in [0.2, 0.25) is 0 Å². The Balaban J connectivity index is 2.74. The predicted octanol–water partition coefficient (Wildman–Crippen LogP) is 0.563. The van der Waals surface area contributed by atoms with E-state index in [0.29, 0.717) is 24.2 Å². The molecular weight excluding hydrogens is 197 g/mol. The van der Waals surface area contributed by atoms with Crippen molar-refractivity contribution in [2.24, 2.45) is 5.73 Å². The zero-order valence-electron chi connectivity index (χ0n) is 7.96. The number of nitrogens with one attached hydrogen (secondary N) is 1. The van der Waals surface area contributed by atoms with Crippen molar-refractivity contribution in [2.45, 2.75) is 6.42 Å². The molecule has 78 valence electrons. The van der Waals surface area contributed by atoms with Gasteiger partial charge in [-0.3, -0.25) is 0 Å². The number of fused-ring (bicyclic) bond motifs is 1. The van der Waals surface area contributed by atoms with E-state index in [1.165, 1.54) is 12.1 Å². The lowest BCUT2D eigenvalue weighted by Gasteiger charge is -2.03. The van der Waals surface area contributed by atoms with E-state index in [9.17, 15) is 9.18 Å². The highest BCUT2D eigenvalue weighted by molar-refractivity contribution is 5.80. The van der Waals surface area contributed by atoms with Crippen LogP contribution in [0.25, 0.3) is 10.9 Å². The second kappa shape index (κ2) is 3.78. The minimum Gasteiger partial charge on any atom is -0.330 e. The van der Waals surface area contributed by atoms with E-state index >= 15 is 0 Å². The maximum absolute atomic E-state index is 12.9. The first-order valence-electron chi connectivity index (χ1n) is 4.59. The van der Waals surface area contributed by atoms with E-state index in [0.717, 1.165) is 5.39 Å². The van der Waals surface area contributed by atoms with Crippen molar-refractivity contribution in [2.75, 3.05) is 6.54 Å². The topological polar surface area (TPSA) is 71.8 Å². The molecule has 0 radical (unpaired) electrons. The molecule has 0 unspecified atom stereocenters. The highest BCUT2D eigenvalue weighted by Crippen LogP contribution is 2.14. The molecular formula is C10H10FN3O. The van der Waals surface area contributed by atoms with E-state index in [2.05, 4.69) is 9.97 Å². The fraction of sp³-hybridized carbons (Fsp3) is 0.200. The lowest BCUT2D eigenvalue weighted by Crippen LogP contribution is -2.15. The molecule has 2 rings (SSSR count). The maximum atomic E-state index is 12.9. The molecule has 1 aromatic heterocycles. The van der Waals surface area contributed by atoms with Crippen LogP contribution in [0.4, 0.5) is 4.39 Å². The van der Waals surface area contributed by atoms with Gasteiger partial charge in [0, 0.05) is 23.6 Å². The molecule has 0 atom stereocenters. The Morgan fingerprint density at radius 3 is 3.00 bits per heavy atom. The van der Waals surface area contributed by atoms with Crippen LogP contribution >= 0.6 is 0 Å². The molecule has 0 saturated carbocycles. The fourth-order valence-corrected chi connectivity index (χ4v) is 1.53. The van der Waals surface area contributed by atoms with Crippen molar-refractivity contribution in [1.29, 1.82) is 0 Å². The van der Waals surface area contributed by atoms with E-state index in [4.69, 9.17) is 5.73 Å². The Hall–Kier alpha value is -1.75. The molecule has 4 nitrogen and oxygen atoms in total. The minimum absolute atomic E-state index is 0.363. The predicted molar refractivity (Wildman–Crippen MR) is 55.1 cm³/mol. The first kappa shape index (κ1) is 9.79. The number of hydrogen-bond acceptors (Lipinski definition) is 3. The van der Waals surface area contributed by atoms with Crippen LogP contribution in [0.2, 0.25) is 0 Å². The molecule has 0 fully saturated rings. The van der Waals surface area contributed by atoms with Crippen LogP contribution < -0.4 is 11.4 Å². The molecule has 0 amide bonds. The highest BCUT2D eigenvalue weighted by Gasteiger charge is 2.04. The SMILES string of the molecule is NCCc1[nH]c(=O)nc2cc(F)ccc12. The van der Waals surface area contributed by atoms with E-state index < -0.39 is 11.5 Å². The summed E-state index contributed by atoms with van der Waals surface area (Å²) in [6, 6.07) is 4.17. The highest BCUT2D eigenvalue weighted by atomic mass is 19.1. The average molecular weight is 207 g/mol. The number of benzene rings is 1. The molecule has 0 aliphatic rings. The summed E-state index contributed by atoms with van der Waals surface area (Å²) in [5, 5.41) is 0.737. The largest absolute Gasteiger partial charge is 0.345 e. The number of nitrogens with two attached hydrogens (primary N) is 1. The monoisotopic (exact) mass is 207 g/mol. The fourth-order valence-electron chi connectivity index (χ4n) is 1.53. The van der Waals surface area contributed by atoms with Crippen LogP contribution in [0.5, 0.6) is 0 Å². The first-order chi connectivity index (χ1) is 7.20. The van der Waals surface area contributed by atoms with Crippen LogP contribution in [0.1, 0.15) is 5.69 Å². The second-order valence-electron chi connectivity index (χ2n) is 3.22. The summed E-state index contributed by atoms with van der Waals surface area (Å²) in [6.07, 6.45) is 0.542. The van der Waals surface area contributed by atoms with Gasteiger partial charge in [-0.15, -0.1) is 0 Å². The van der Waals surface area contributed by atoms with Crippen molar-refractivity contribution in [3.8, 4) is 0 Å². The van der Waals surface area contributed by atoms with Gasteiger partial charge in [-0.05, 0) is 18.7 Å². The standard InChI is InChI=1S/C10H10FN3O/c11-6-1-2-7-8(3-4-12)13-10(15)14-9(7)5-6/h1-2,5H,3-4,12H2,(H,13,14,15). The summed E-state index contributed by atoms with van der Waals surface area (Å²) >= 11 is 0. The van der Waals surface area contributed by atoms with Crippen molar-refractivity contribution >= 4 is 10.9 Å². The second-order valence-corrected chi connectivity index (χ2v) is 3.22. The van der Waals surface area contributed by atoms with E-state index in [-0.39, 0.29) is 0 Å². The lowest BCUT2D eigenvalue weighted by atomic mass is 10.1. The molecule has 1 aromatic carbocycles. The Bertz CT molecular complexity index is 550. The molecule has 0 bridgehead atoms. The van der Waals surface area contributed by atoms with Crippen LogP contribution in [0.3, 0.4) is 0 Å². The van der Waals surface area contributed by atoms with Gasteiger partial charge >= 0.3 is 5.69 Å². The summed E-state index contributed by atoms with van der Waals surface area (Å²) in [5.41, 5.74) is 6.00. The summed E-state index contributed by atoms with van der Waals surface area (Å²) < 4.78 is 12.9. The zero-order valence-corrected chi connectivity index (χ0v) is 7.96. The summed E-state index contributed by atoms with van der Waals surface area (Å²) in [6.45, 7) is 0.423. The molecule has 3 N–H and O–H groups in total. The molecule has 0 aliphatic carbocycles. The van der Waals surface area contributed by atoms with Gasteiger partial charge in [0.25, 0.3) is 0 Å². The van der Waals surface area contributed by atoms with Crippen LogP contribution in [-0.2, 0) is 6.42 Å². The van der Waals surface area contributed by atoms with Crippen molar-refractivity contribution in [3.63, 3.8) is 0 Å². The van der Waals surface area contributed by atoms with E-state index in [1.807, 2.05) is 0 Å². The lowest BCUT2D eigenvalue weighted by molar-refractivity contribution is 0.629. The van der Waals surface area contributed by atoms with E-state index in [1.54, 1.807) is 6.07 Å². The van der Waals surface area contributed by atoms with Gasteiger partial charge in [0.15, 0.2) is 0 Å². The van der Waals surface area contributed by atoms with Crippen LogP contribution in [-0.4, -0.2) is 16.5 Å². The van der Waals surface area contributed by atoms with Gasteiger partial charge in [-0.2, -0.15) is 4.98 Å². The summed E-state index contributed by atoms with van der Waals surface area (Å²) in [5.74, 6) is -0.403. The maximum Gasteiger partial charge on any atom is 0.345 e. The molecule has 0 aliphatic heterocycles. The third-order valence-electron chi connectivity index (χ3n) is 2.16. The Labute approximate surface area is 84.9 Å². The van der Waals surface area contributed by atoms with Crippen molar-refractivity contribution in [1.82, 2.24) is 9.97 Å². The third-order valence-corrected chi connectivity index (χ3v) is 2.16. The zero-order chi connectivity index (χ0) is 10.8. The first-order valence-corrected chi connectivity index (χ1v) is 4.59. The number of aromatic amines is 1. The number of halogens is 1. The molecule has 15 heavy (non-hydrogen) atoms. The van der Waals surface area contributed by atoms with Crippen molar-refractivity contribution in [3.05, 3.63) is 40.2 Å². The minimum atomic E-state index is -0.475. The van der Waals surface area contributed by atoms with Crippen LogP contribution in [0, 0.1) is 5.82 Å². The Morgan fingerprint density at radius 2 is 2.27 bits per heavy atom. The van der Waals surface area contributed by atoms with Gasteiger partial charge in [-0.25, -0.2) is 9.18 Å². The normalized spacial score (nSPS) is 10.8. The molecule has 1 heterocycles. The number of rotatable bonds is 2. The number of aromatic nitrogens is 2. The van der Waals surface area contributed by atoms with Gasteiger partial charge < -0.3 is 10.7 Å².